The van der Waals surface area contributed by atoms with Crippen LogP contribution in [0.25, 0.3) is 0 Å². The smallest absolute Gasteiger partial charge is 0.267 e. The van der Waals surface area contributed by atoms with Crippen molar-refractivity contribution >= 4 is 35.0 Å². The summed E-state index contributed by atoms with van der Waals surface area (Å²) in [4.78, 5) is 29.4. The van der Waals surface area contributed by atoms with Crippen LogP contribution >= 0.6 is 23.2 Å². The third kappa shape index (κ3) is 4.96. The topological polar surface area (TPSA) is 62.3 Å². The van der Waals surface area contributed by atoms with E-state index in [9.17, 15) is 9.59 Å². The summed E-state index contributed by atoms with van der Waals surface area (Å²) in [7, 11) is 0. The molecular formula is C19H21Cl2N3O2. The maximum atomic E-state index is 12.9. The fourth-order valence-electron chi connectivity index (χ4n) is 2.30. The molecule has 26 heavy (non-hydrogen) atoms. The predicted octanol–water partition coefficient (Wildman–Crippen LogP) is 4.54. The largest absolute Gasteiger partial charge is 0.273 e. The van der Waals surface area contributed by atoms with Gasteiger partial charge in [0, 0.05) is 11.1 Å². The zero-order valence-electron chi connectivity index (χ0n) is 15.1. The van der Waals surface area contributed by atoms with Crippen molar-refractivity contribution in [1.29, 1.82) is 0 Å². The van der Waals surface area contributed by atoms with Gasteiger partial charge in [-0.15, -0.1) is 0 Å². The number of hydrogen-bond acceptors (Lipinski definition) is 3. The Morgan fingerprint density at radius 2 is 1.58 bits per heavy atom. The van der Waals surface area contributed by atoms with Gasteiger partial charge in [-0.25, -0.2) is 9.99 Å². The zero-order chi connectivity index (χ0) is 19.5. The second kappa shape index (κ2) is 8.06. The Kier molecular flexibility index (Phi) is 6.26. The summed E-state index contributed by atoms with van der Waals surface area (Å²) in [5.74, 6) is -0.801. The number of aromatic nitrogens is 1. The lowest BCUT2D eigenvalue weighted by molar-refractivity contribution is 0.0358. The second-order valence-corrected chi connectivity index (χ2v) is 7.58. The molecule has 0 atom stereocenters. The van der Waals surface area contributed by atoms with Crippen LogP contribution in [-0.2, 0) is 6.42 Å². The first-order chi connectivity index (χ1) is 12.1. The molecule has 0 bridgehead atoms. The van der Waals surface area contributed by atoms with Gasteiger partial charge in [0.15, 0.2) is 0 Å². The third-order valence-electron chi connectivity index (χ3n) is 3.72. The van der Waals surface area contributed by atoms with E-state index in [2.05, 4.69) is 10.4 Å². The van der Waals surface area contributed by atoms with E-state index in [0.29, 0.717) is 5.56 Å². The second-order valence-electron chi connectivity index (χ2n) is 6.80. The first-order valence-electron chi connectivity index (χ1n) is 8.19. The molecule has 2 amide bonds. The summed E-state index contributed by atoms with van der Waals surface area (Å²) in [5.41, 5.74) is 3.86. The molecule has 1 N–H and O–H groups in total. The molecule has 0 saturated heterocycles. The number of nitrogens with zero attached hydrogens (tertiary/aromatic N) is 2. The average Bonchev–Trinajstić information content (AvgIpc) is 2.57. The Morgan fingerprint density at radius 1 is 1.04 bits per heavy atom. The summed E-state index contributed by atoms with van der Waals surface area (Å²) in [5, 5.41) is 1.48. The highest BCUT2D eigenvalue weighted by Gasteiger charge is 2.30. The quantitative estimate of drug-likeness (QED) is 0.614. The molecule has 0 aliphatic rings. The van der Waals surface area contributed by atoms with Gasteiger partial charge < -0.3 is 0 Å². The van der Waals surface area contributed by atoms with Crippen LogP contribution in [0.5, 0.6) is 0 Å². The van der Waals surface area contributed by atoms with Gasteiger partial charge in [-0.1, -0.05) is 42.3 Å². The van der Waals surface area contributed by atoms with Crippen LogP contribution in [0.15, 0.2) is 36.4 Å². The minimum Gasteiger partial charge on any atom is -0.267 e. The first-order valence-corrected chi connectivity index (χ1v) is 8.95. The Hall–Kier alpha value is -2.11. The van der Waals surface area contributed by atoms with Gasteiger partial charge in [0.05, 0.1) is 5.54 Å². The number of amides is 2. The molecule has 1 heterocycles. The number of carbonyl (C=O) groups is 2. The monoisotopic (exact) mass is 393 g/mol. The van der Waals surface area contributed by atoms with E-state index in [1.807, 2.05) is 39.8 Å². The van der Waals surface area contributed by atoms with E-state index in [0.717, 1.165) is 12.0 Å². The van der Waals surface area contributed by atoms with Crippen LogP contribution in [0, 0.1) is 0 Å². The van der Waals surface area contributed by atoms with Gasteiger partial charge in [0.2, 0.25) is 0 Å². The molecular weight excluding hydrogens is 373 g/mol. The van der Waals surface area contributed by atoms with Crippen molar-refractivity contribution in [2.45, 2.75) is 39.7 Å². The van der Waals surface area contributed by atoms with Crippen LogP contribution < -0.4 is 5.43 Å². The highest BCUT2D eigenvalue weighted by Crippen LogP contribution is 2.20. The summed E-state index contributed by atoms with van der Waals surface area (Å²) in [6.07, 6.45) is 0.887. The van der Waals surface area contributed by atoms with E-state index >= 15 is 0 Å². The van der Waals surface area contributed by atoms with Gasteiger partial charge in [0.25, 0.3) is 11.8 Å². The number of halogens is 2. The van der Waals surface area contributed by atoms with Gasteiger partial charge in [-0.05, 0) is 57.0 Å². The molecule has 0 aliphatic heterocycles. The molecule has 0 aliphatic carbocycles. The lowest BCUT2D eigenvalue weighted by Crippen LogP contribution is -2.55. The van der Waals surface area contributed by atoms with E-state index in [-0.39, 0.29) is 21.8 Å². The van der Waals surface area contributed by atoms with Crippen molar-refractivity contribution in [2.75, 3.05) is 0 Å². The van der Waals surface area contributed by atoms with Gasteiger partial charge in [-0.3, -0.25) is 15.0 Å². The van der Waals surface area contributed by atoms with E-state index in [1.54, 1.807) is 12.1 Å². The maximum Gasteiger partial charge on any atom is 0.273 e. The maximum absolute atomic E-state index is 12.9. The average molecular weight is 394 g/mol. The summed E-state index contributed by atoms with van der Waals surface area (Å²) < 4.78 is 0. The molecule has 2 aromatic rings. The van der Waals surface area contributed by atoms with Gasteiger partial charge in [-0.2, -0.15) is 0 Å². The van der Waals surface area contributed by atoms with Crippen molar-refractivity contribution in [2.24, 2.45) is 0 Å². The SMILES string of the molecule is CCc1ccc(C(=O)NN(C(=O)c2cc(Cl)nc(Cl)c2)C(C)(C)C)cc1. The van der Waals surface area contributed by atoms with Crippen LogP contribution in [0.4, 0.5) is 0 Å². The molecule has 2 rings (SSSR count). The van der Waals surface area contributed by atoms with Crippen molar-refractivity contribution < 1.29 is 9.59 Å². The van der Waals surface area contributed by atoms with Crippen molar-refractivity contribution in [3.63, 3.8) is 0 Å². The van der Waals surface area contributed by atoms with Gasteiger partial charge >= 0.3 is 0 Å². The number of aryl methyl sites for hydroxylation is 1. The van der Waals surface area contributed by atoms with Crippen molar-refractivity contribution in [3.8, 4) is 0 Å². The summed E-state index contributed by atoms with van der Waals surface area (Å²) >= 11 is 11.8. The van der Waals surface area contributed by atoms with Crippen molar-refractivity contribution in [1.82, 2.24) is 15.4 Å². The minimum absolute atomic E-state index is 0.108. The molecule has 0 unspecified atom stereocenters. The minimum atomic E-state index is -0.668. The predicted molar refractivity (Wildman–Crippen MR) is 103 cm³/mol. The van der Waals surface area contributed by atoms with Crippen LogP contribution in [0.3, 0.4) is 0 Å². The van der Waals surface area contributed by atoms with Gasteiger partial charge in [0.1, 0.15) is 10.3 Å². The van der Waals surface area contributed by atoms with Crippen LogP contribution in [-0.4, -0.2) is 27.3 Å². The summed E-state index contributed by atoms with van der Waals surface area (Å²) in [6.45, 7) is 7.49. The Bertz CT molecular complexity index is 794. The normalized spacial score (nSPS) is 11.2. The third-order valence-corrected chi connectivity index (χ3v) is 4.11. The lowest BCUT2D eigenvalue weighted by atomic mass is 10.1. The standard InChI is InChI=1S/C19H21Cl2N3O2/c1-5-12-6-8-13(9-7-12)17(25)23-24(19(2,3)4)18(26)14-10-15(20)22-16(21)11-14/h6-11H,5H2,1-4H3,(H,23,25). The molecule has 138 valence electrons. The van der Waals surface area contributed by atoms with Crippen molar-refractivity contribution in [3.05, 3.63) is 63.4 Å². The van der Waals surface area contributed by atoms with Crippen LogP contribution in [0.2, 0.25) is 10.3 Å². The Labute approximate surface area is 163 Å². The number of benzene rings is 1. The number of hydrogen-bond donors (Lipinski definition) is 1. The Morgan fingerprint density at radius 3 is 2.04 bits per heavy atom. The highest BCUT2D eigenvalue weighted by atomic mass is 35.5. The number of carbonyl (C=O) groups excluding carboxylic acids is 2. The highest BCUT2D eigenvalue weighted by molar-refractivity contribution is 6.33. The van der Waals surface area contributed by atoms with E-state index < -0.39 is 11.4 Å². The molecule has 0 fully saturated rings. The molecule has 1 aromatic heterocycles. The zero-order valence-corrected chi connectivity index (χ0v) is 16.6. The fraction of sp³-hybridized carbons (Fsp3) is 0.316. The molecule has 5 nitrogen and oxygen atoms in total. The fourth-order valence-corrected chi connectivity index (χ4v) is 2.76. The molecule has 0 saturated carbocycles. The Balaban J connectivity index is 2.29. The lowest BCUT2D eigenvalue weighted by Gasteiger charge is -2.35. The number of nitrogens with one attached hydrogen (secondary N) is 1. The first kappa shape index (κ1) is 20.2. The number of pyridine rings is 1. The summed E-state index contributed by atoms with van der Waals surface area (Å²) in [6, 6.07) is 10.1. The molecule has 0 spiro atoms. The van der Waals surface area contributed by atoms with E-state index in [1.165, 1.54) is 17.1 Å². The molecule has 0 radical (unpaired) electrons. The van der Waals surface area contributed by atoms with E-state index in [4.69, 9.17) is 23.2 Å². The number of hydrazine groups is 1. The van der Waals surface area contributed by atoms with Crippen LogP contribution in [0.1, 0.15) is 54.0 Å². The number of rotatable bonds is 3. The molecule has 1 aromatic carbocycles. The molecule has 7 heteroatoms.